The first-order valence-electron chi connectivity index (χ1n) is 5.49. The van der Waals surface area contributed by atoms with Crippen LogP contribution in [0.15, 0.2) is 24.3 Å². The van der Waals surface area contributed by atoms with Crippen LogP contribution in [0.2, 0.25) is 0 Å². The number of anilines is 2. The Kier molecular flexibility index (Phi) is 4.05. The molecule has 16 heavy (non-hydrogen) atoms. The summed E-state index contributed by atoms with van der Waals surface area (Å²) in [5.74, 6) is 0. The minimum atomic E-state index is 0. The molecular formula is C12H20ClN3. The van der Waals surface area contributed by atoms with Crippen molar-refractivity contribution in [1.82, 2.24) is 0 Å². The van der Waals surface area contributed by atoms with E-state index in [1.165, 1.54) is 18.8 Å². The van der Waals surface area contributed by atoms with E-state index in [2.05, 4.69) is 31.1 Å². The van der Waals surface area contributed by atoms with Gasteiger partial charge in [0.05, 0.1) is 40.3 Å². The molecule has 1 aromatic rings. The fraction of sp³-hybridized carbons (Fsp3) is 0.500. The first-order chi connectivity index (χ1) is 7.07. The number of nitrogen functional groups attached to an aromatic ring is 1. The lowest BCUT2D eigenvalue weighted by Gasteiger charge is -2.40. The third kappa shape index (κ3) is 3.03. The van der Waals surface area contributed by atoms with Gasteiger partial charge >= 0.3 is 0 Å². The largest absolute Gasteiger partial charge is 1.00 e. The zero-order valence-corrected chi connectivity index (χ0v) is 10.7. The third-order valence-corrected chi connectivity index (χ3v) is 3.21. The summed E-state index contributed by atoms with van der Waals surface area (Å²) in [6.45, 7) is 4.70. The van der Waals surface area contributed by atoms with Gasteiger partial charge < -0.3 is 27.5 Å². The maximum atomic E-state index is 5.68. The number of hydrogen-bond acceptors (Lipinski definition) is 2. The average molecular weight is 242 g/mol. The Labute approximate surface area is 104 Å². The maximum absolute atomic E-state index is 5.68. The molecule has 1 heterocycles. The zero-order valence-electron chi connectivity index (χ0n) is 9.99. The number of likely N-dealkylation sites (N-methyl/N-ethyl adjacent to an activating group) is 1. The van der Waals surface area contributed by atoms with Gasteiger partial charge in [0.15, 0.2) is 0 Å². The maximum Gasteiger partial charge on any atom is 0.0961 e. The van der Waals surface area contributed by atoms with Gasteiger partial charge in [-0.3, -0.25) is 0 Å². The van der Waals surface area contributed by atoms with E-state index in [1.807, 2.05) is 12.1 Å². The Balaban J connectivity index is 0.00000128. The number of piperazine rings is 1. The van der Waals surface area contributed by atoms with E-state index in [1.54, 1.807) is 0 Å². The summed E-state index contributed by atoms with van der Waals surface area (Å²) in [4.78, 5) is 2.43. The molecule has 0 radical (unpaired) electrons. The number of rotatable bonds is 1. The van der Waals surface area contributed by atoms with Gasteiger partial charge in [-0.15, -0.1) is 0 Å². The zero-order chi connectivity index (χ0) is 10.9. The standard InChI is InChI=1S/C12H20N3.ClH/c1-15(2)9-7-14(8-10-15)12-5-3-11(13)4-6-12;/h3-6H,7-10,13H2,1-2H3;1H/q+1;/p-1. The normalized spacial score (nSPS) is 19.0. The molecule has 1 fully saturated rings. The van der Waals surface area contributed by atoms with Crippen LogP contribution < -0.4 is 23.0 Å². The van der Waals surface area contributed by atoms with Crippen LogP contribution in [-0.2, 0) is 0 Å². The van der Waals surface area contributed by atoms with Gasteiger partial charge in [-0.1, -0.05) is 0 Å². The molecule has 1 aliphatic rings. The fourth-order valence-electron chi connectivity index (χ4n) is 1.95. The van der Waals surface area contributed by atoms with E-state index in [9.17, 15) is 0 Å². The van der Waals surface area contributed by atoms with Crippen LogP contribution in [0.1, 0.15) is 0 Å². The molecule has 2 N–H and O–H groups in total. The monoisotopic (exact) mass is 241 g/mol. The van der Waals surface area contributed by atoms with Crippen LogP contribution in [-0.4, -0.2) is 44.8 Å². The average Bonchev–Trinajstić information content (AvgIpc) is 2.20. The molecule has 1 aromatic carbocycles. The summed E-state index contributed by atoms with van der Waals surface area (Å²) in [6, 6.07) is 8.18. The van der Waals surface area contributed by atoms with Crippen molar-refractivity contribution in [2.24, 2.45) is 0 Å². The molecule has 0 atom stereocenters. The molecule has 0 aromatic heterocycles. The van der Waals surface area contributed by atoms with Crippen molar-refractivity contribution < 1.29 is 16.9 Å². The molecule has 1 saturated heterocycles. The van der Waals surface area contributed by atoms with E-state index < -0.39 is 0 Å². The van der Waals surface area contributed by atoms with Crippen LogP contribution in [0.5, 0.6) is 0 Å². The van der Waals surface area contributed by atoms with Crippen LogP contribution in [0.3, 0.4) is 0 Å². The molecule has 0 amide bonds. The van der Waals surface area contributed by atoms with Gasteiger partial charge in [-0.2, -0.15) is 0 Å². The van der Waals surface area contributed by atoms with E-state index >= 15 is 0 Å². The van der Waals surface area contributed by atoms with Crippen molar-refractivity contribution in [3.8, 4) is 0 Å². The van der Waals surface area contributed by atoms with Crippen molar-refractivity contribution in [2.45, 2.75) is 0 Å². The Morgan fingerprint density at radius 2 is 1.56 bits per heavy atom. The summed E-state index contributed by atoms with van der Waals surface area (Å²) in [5, 5.41) is 0. The number of hydrogen-bond donors (Lipinski definition) is 1. The van der Waals surface area contributed by atoms with Crippen molar-refractivity contribution in [3.05, 3.63) is 24.3 Å². The molecule has 0 saturated carbocycles. The lowest BCUT2D eigenvalue weighted by Crippen LogP contribution is -3.00. The van der Waals surface area contributed by atoms with Gasteiger partial charge in [0.2, 0.25) is 0 Å². The van der Waals surface area contributed by atoms with Gasteiger partial charge in [-0.25, -0.2) is 0 Å². The molecule has 4 heteroatoms. The highest BCUT2D eigenvalue weighted by Gasteiger charge is 2.23. The molecule has 2 rings (SSSR count). The molecule has 0 aliphatic carbocycles. The molecule has 0 spiro atoms. The fourth-order valence-corrected chi connectivity index (χ4v) is 1.95. The number of halogens is 1. The highest BCUT2D eigenvalue weighted by Crippen LogP contribution is 2.19. The number of nitrogens with two attached hydrogens (primary N) is 1. The molecule has 3 nitrogen and oxygen atoms in total. The van der Waals surface area contributed by atoms with Crippen molar-refractivity contribution in [1.29, 1.82) is 0 Å². The predicted molar refractivity (Wildman–Crippen MR) is 64.9 cm³/mol. The molecule has 0 bridgehead atoms. The van der Waals surface area contributed by atoms with Gasteiger partial charge in [0.25, 0.3) is 0 Å². The number of nitrogens with zero attached hydrogens (tertiary/aromatic N) is 2. The summed E-state index contributed by atoms with van der Waals surface area (Å²) in [5.41, 5.74) is 7.81. The summed E-state index contributed by atoms with van der Waals surface area (Å²) >= 11 is 0. The molecular weight excluding hydrogens is 222 g/mol. The first-order valence-corrected chi connectivity index (χ1v) is 5.49. The third-order valence-electron chi connectivity index (χ3n) is 3.21. The minimum absolute atomic E-state index is 0. The van der Waals surface area contributed by atoms with Crippen LogP contribution in [0, 0.1) is 0 Å². The van der Waals surface area contributed by atoms with Crippen LogP contribution in [0.4, 0.5) is 11.4 Å². The van der Waals surface area contributed by atoms with E-state index in [4.69, 9.17) is 5.73 Å². The smallest absolute Gasteiger partial charge is 0.0961 e. The van der Waals surface area contributed by atoms with Crippen molar-refractivity contribution in [2.75, 3.05) is 50.9 Å². The second kappa shape index (κ2) is 4.93. The minimum Gasteiger partial charge on any atom is -1.00 e. The van der Waals surface area contributed by atoms with E-state index in [0.717, 1.165) is 23.3 Å². The Morgan fingerprint density at radius 3 is 2.06 bits per heavy atom. The molecule has 90 valence electrons. The summed E-state index contributed by atoms with van der Waals surface area (Å²) in [6.07, 6.45) is 0. The van der Waals surface area contributed by atoms with E-state index in [-0.39, 0.29) is 12.4 Å². The number of quaternary nitrogens is 1. The van der Waals surface area contributed by atoms with Crippen LogP contribution in [0.25, 0.3) is 0 Å². The Morgan fingerprint density at radius 1 is 1.06 bits per heavy atom. The Bertz CT molecular complexity index is 325. The SMILES string of the molecule is C[N+]1(C)CCN(c2ccc(N)cc2)CC1.[Cl-]. The van der Waals surface area contributed by atoms with Crippen LogP contribution >= 0.6 is 0 Å². The molecule has 1 aliphatic heterocycles. The van der Waals surface area contributed by atoms with Gasteiger partial charge in [-0.05, 0) is 24.3 Å². The van der Waals surface area contributed by atoms with Crippen molar-refractivity contribution in [3.63, 3.8) is 0 Å². The Hall–Kier alpha value is -0.930. The first kappa shape index (κ1) is 13.1. The highest BCUT2D eigenvalue weighted by molar-refractivity contribution is 5.53. The summed E-state index contributed by atoms with van der Waals surface area (Å²) < 4.78 is 1.13. The summed E-state index contributed by atoms with van der Waals surface area (Å²) in [7, 11) is 4.58. The second-order valence-electron chi connectivity index (χ2n) is 4.96. The highest BCUT2D eigenvalue weighted by atomic mass is 35.5. The lowest BCUT2D eigenvalue weighted by atomic mass is 10.2. The topological polar surface area (TPSA) is 29.3 Å². The number of benzene rings is 1. The van der Waals surface area contributed by atoms with Crippen molar-refractivity contribution >= 4 is 11.4 Å². The van der Waals surface area contributed by atoms with E-state index in [0.29, 0.717) is 0 Å². The van der Waals surface area contributed by atoms with Gasteiger partial charge in [0, 0.05) is 11.4 Å². The molecule has 0 unspecified atom stereocenters. The van der Waals surface area contributed by atoms with Gasteiger partial charge in [0.1, 0.15) is 0 Å². The quantitative estimate of drug-likeness (QED) is 0.463. The predicted octanol–water partition coefficient (Wildman–Crippen LogP) is -1.83. The second-order valence-corrected chi connectivity index (χ2v) is 4.96. The lowest BCUT2D eigenvalue weighted by molar-refractivity contribution is -0.890.